The summed E-state index contributed by atoms with van der Waals surface area (Å²) in [5.74, 6) is 0.614. The lowest BCUT2D eigenvalue weighted by atomic mass is 10.2. The number of hydrogen-bond donors (Lipinski definition) is 2. The van der Waals surface area contributed by atoms with E-state index < -0.39 is 0 Å². The average Bonchev–Trinajstić information content (AvgIpc) is 2.26. The lowest BCUT2D eigenvalue weighted by molar-refractivity contribution is -0.126. The largest absolute Gasteiger partial charge is 0.354 e. The first-order chi connectivity index (χ1) is 7.52. The van der Waals surface area contributed by atoms with Gasteiger partial charge in [-0.1, -0.05) is 20.8 Å². The summed E-state index contributed by atoms with van der Waals surface area (Å²) in [7, 11) is 0. The van der Waals surface area contributed by atoms with Gasteiger partial charge in [-0.3, -0.25) is 9.69 Å². The Bertz CT molecular complexity index is 195. The normalized spacial score (nSPS) is 13.2. The second kappa shape index (κ2) is 8.53. The number of rotatable bonds is 8. The molecule has 0 aliphatic heterocycles. The SMILES string of the molecule is CCN(CCCN)C(C)C(=O)NCC(C)C. The summed E-state index contributed by atoms with van der Waals surface area (Å²) in [5.41, 5.74) is 5.48. The van der Waals surface area contributed by atoms with E-state index in [-0.39, 0.29) is 11.9 Å². The van der Waals surface area contributed by atoms with Crippen LogP contribution in [0, 0.1) is 5.92 Å². The molecule has 0 aromatic rings. The van der Waals surface area contributed by atoms with Crippen molar-refractivity contribution in [2.75, 3.05) is 26.2 Å². The minimum absolute atomic E-state index is 0.0599. The monoisotopic (exact) mass is 229 g/mol. The number of hydrogen-bond acceptors (Lipinski definition) is 3. The maximum atomic E-state index is 11.8. The zero-order chi connectivity index (χ0) is 12.6. The van der Waals surface area contributed by atoms with Crippen LogP contribution >= 0.6 is 0 Å². The molecule has 1 unspecified atom stereocenters. The van der Waals surface area contributed by atoms with E-state index in [0.717, 1.165) is 26.1 Å². The van der Waals surface area contributed by atoms with E-state index in [1.807, 2.05) is 6.92 Å². The van der Waals surface area contributed by atoms with Gasteiger partial charge >= 0.3 is 0 Å². The van der Waals surface area contributed by atoms with Crippen LogP contribution in [0.3, 0.4) is 0 Å². The summed E-state index contributed by atoms with van der Waals surface area (Å²) in [5, 5.41) is 2.96. The zero-order valence-electron chi connectivity index (χ0n) is 11.1. The molecule has 0 saturated carbocycles. The summed E-state index contributed by atoms with van der Waals surface area (Å²) in [6, 6.07) is -0.0599. The highest BCUT2D eigenvalue weighted by Crippen LogP contribution is 2.00. The number of nitrogens with zero attached hydrogens (tertiary/aromatic N) is 1. The molecule has 0 rings (SSSR count). The van der Waals surface area contributed by atoms with Crippen molar-refractivity contribution >= 4 is 5.91 Å². The standard InChI is InChI=1S/C12H27N3O/c1-5-15(8-6-7-13)11(4)12(16)14-9-10(2)3/h10-11H,5-9,13H2,1-4H3,(H,14,16). The Morgan fingerprint density at radius 2 is 2.00 bits per heavy atom. The fourth-order valence-electron chi connectivity index (χ4n) is 1.54. The van der Waals surface area contributed by atoms with Crippen molar-refractivity contribution in [3.63, 3.8) is 0 Å². The van der Waals surface area contributed by atoms with Gasteiger partial charge in [0.25, 0.3) is 0 Å². The van der Waals surface area contributed by atoms with Crippen LogP contribution in [-0.2, 0) is 4.79 Å². The van der Waals surface area contributed by atoms with Crippen LogP contribution in [0.2, 0.25) is 0 Å². The molecule has 1 amide bonds. The molecule has 0 aliphatic rings. The third kappa shape index (κ3) is 6.08. The van der Waals surface area contributed by atoms with E-state index in [1.54, 1.807) is 0 Å². The molecule has 0 saturated heterocycles. The second-order valence-electron chi connectivity index (χ2n) is 4.59. The van der Waals surface area contributed by atoms with E-state index in [9.17, 15) is 4.79 Å². The van der Waals surface area contributed by atoms with Gasteiger partial charge in [-0.15, -0.1) is 0 Å². The summed E-state index contributed by atoms with van der Waals surface area (Å²) < 4.78 is 0. The predicted molar refractivity (Wildman–Crippen MR) is 68.2 cm³/mol. The number of nitrogens with one attached hydrogen (secondary N) is 1. The molecule has 0 heterocycles. The molecule has 0 spiro atoms. The van der Waals surface area contributed by atoms with Crippen LogP contribution < -0.4 is 11.1 Å². The van der Waals surface area contributed by atoms with Gasteiger partial charge in [-0.05, 0) is 32.4 Å². The molecule has 16 heavy (non-hydrogen) atoms. The minimum atomic E-state index is -0.0599. The Kier molecular flexibility index (Phi) is 8.21. The number of carbonyl (C=O) groups excluding carboxylic acids is 1. The predicted octanol–water partition coefficient (Wildman–Crippen LogP) is 0.818. The van der Waals surface area contributed by atoms with Gasteiger partial charge in [0, 0.05) is 13.1 Å². The van der Waals surface area contributed by atoms with Crippen molar-refractivity contribution in [3.05, 3.63) is 0 Å². The summed E-state index contributed by atoms with van der Waals surface area (Å²) >= 11 is 0. The summed E-state index contributed by atoms with van der Waals surface area (Å²) in [6.45, 7) is 11.4. The lowest BCUT2D eigenvalue weighted by Gasteiger charge is -2.27. The molecular weight excluding hydrogens is 202 g/mol. The molecule has 0 bridgehead atoms. The Labute approximate surface area is 99.6 Å². The van der Waals surface area contributed by atoms with Gasteiger partial charge < -0.3 is 11.1 Å². The van der Waals surface area contributed by atoms with Gasteiger partial charge in [0.2, 0.25) is 5.91 Å². The molecule has 4 heteroatoms. The Morgan fingerprint density at radius 3 is 2.44 bits per heavy atom. The molecular formula is C12H27N3O. The van der Waals surface area contributed by atoms with Crippen molar-refractivity contribution in [3.8, 4) is 0 Å². The van der Waals surface area contributed by atoms with Gasteiger partial charge in [0.1, 0.15) is 0 Å². The first-order valence-corrected chi connectivity index (χ1v) is 6.24. The topological polar surface area (TPSA) is 58.4 Å². The van der Waals surface area contributed by atoms with Crippen molar-refractivity contribution in [2.45, 2.75) is 40.2 Å². The highest BCUT2D eigenvalue weighted by Gasteiger charge is 2.19. The van der Waals surface area contributed by atoms with Crippen LogP contribution in [0.4, 0.5) is 0 Å². The van der Waals surface area contributed by atoms with Crippen LogP contribution in [0.15, 0.2) is 0 Å². The summed E-state index contributed by atoms with van der Waals surface area (Å²) in [6.07, 6.45) is 0.940. The zero-order valence-corrected chi connectivity index (χ0v) is 11.1. The van der Waals surface area contributed by atoms with Gasteiger partial charge in [-0.25, -0.2) is 0 Å². The Balaban J connectivity index is 4.05. The van der Waals surface area contributed by atoms with E-state index in [2.05, 4.69) is 31.0 Å². The first-order valence-electron chi connectivity index (χ1n) is 6.24. The number of carbonyl (C=O) groups is 1. The van der Waals surface area contributed by atoms with E-state index >= 15 is 0 Å². The molecule has 0 aliphatic carbocycles. The second-order valence-corrected chi connectivity index (χ2v) is 4.59. The fraction of sp³-hybridized carbons (Fsp3) is 0.917. The molecule has 0 fully saturated rings. The lowest BCUT2D eigenvalue weighted by Crippen LogP contribution is -2.46. The van der Waals surface area contributed by atoms with Crippen LogP contribution in [0.1, 0.15) is 34.1 Å². The summed E-state index contributed by atoms with van der Waals surface area (Å²) in [4.78, 5) is 14.0. The molecule has 1 atom stereocenters. The van der Waals surface area contributed by atoms with Crippen molar-refractivity contribution in [2.24, 2.45) is 11.7 Å². The maximum Gasteiger partial charge on any atom is 0.237 e. The van der Waals surface area contributed by atoms with Crippen LogP contribution in [0.25, 0.3) is 0 Å². The van der Waals surface area contributed by atoms with Gasteiger partial charge in [0.15, 0.2) is 0 Å². The number of amides is 1. The Hall–Kier alpha value is -0.610. The quantitative estimate of drug-likeness (QED) is 0.648. The third-order valence-electron chi connectivity index (χ3n) is 2.67. The molecule has 0 aromatic heterocycles. The van der Waals surface area contributed by atoms with E-state index in [1.165, 1.54) is 0 Å². The molecule has 4 nitrogen and oxygen atoms in total. The minimum Gasteiger partial charge on any atom is -0.354 e. The number of nitrogens with two attached hydrogens (primary N) is 1. The Morgan fingerprint density at radius 1 is 1.38 bits per heavy atom. The third-order valence-corrected chi connectivity index (χ3v) is 2.67. The highest BCUT2D eigenvalue weighted by molar-refractivity contribution is 5.81. The maximum absolute atomic E-state index is 11.8. The average molecular weight is 229 g/mol. The van der Waals surface area contributed by atoms with E-state index in [0.29, 0.717) is 12.5 Å². The first kappa shape index (κ1) is 15.4. The number of likely N-dealkylation sites (N-methyl/N-ethyl adjacent to an activating group) is 1. The van der Waals surface area contributed by atoms with Gasteiger partial charge in [0.05, 0.1) is 6.04 Å². The van der Waals surface area contributed by atoms with Crippen molar-refractivity contribution in [1.82, 2.24) is 10.2 Å². The molecule has 3 N–H and O–H groups in total. The molecule has 0 radical (unpaired) electrons. The molecule has 96 valence electrons. The van der Waals surface area contributed by atoms with Crippen LogP contribution in [-0.4, -0.2) is 43.0 Å². The fourth-order valence-corrected chi connectivity index (χ4v) is 1.54. The van der Waals surface area contributed by atoms with Crippen LogP contribution in [0.5, 0.6) is 0 Å². The van der Waals surface area contributed by atoms with E-state index in [4.69, 9.17) is 5.73 Å². The van der Waals surface area contributed by atoms with Crippen molar-refractivity contribution in [1.29, 1.82) is 0 Å². The molecule has 0 aromatic carbocycles. The van der Waals surface area contributed by atoms with Crippen molar-refractivity contribution < 1.29 is 4.79 Å². The highest BCUT2D eigenvalue weighted by atomic mass is 16.2. The smallest absolute Gasteiger partial charge is 0.237 e. The van der Waals surface area contributed by atoms with Gasteiger partial charge in [-0.2, -0.15) is 0 Å².